The van der Waals surface area contributed by atoms with Gasteiger partial charge in [0.25, 0.3) is 5.24 Å². The van der Waals surface area contributed by atoms with E-state index in [2.05, 4.69) is 0 Å². The van der Waals surface area contributed by atoms with Crippen molar-refractivity contribution >= 4 is 34.1 Å². The lowest BCUT2D eigenvalue weighted by Crippen LogP contribution is -1.98. The molecule has 6 heteroatoms. The van der Waals surface area contributed by atoms with Crippen LogP contribution in [0.3, 0.4) is 0 Å². The number of carbonyl (C=O) groups is 1. The van der Waals surface area contributed by atoms with Crippen LogP contribution in [-0.4, -0.2) is 10.4 Å². The molecular weight excluding hydrogens is 220 g/mol. The molecule has 0 saturated heterocycles. The van der Waals surface area contributed by atoms with Gasteiger partial charge in [-0.2, -0.15) is 0 Å². The van der Waals surface area contributed by atoms with E-state index >= 15 is 0 Å². The van der Waals surface area contributed by atoms with Crippen LogP contribution in [-0.2, 0) is 0 Å². The first-order chi connectivity index (χ1) is 6.06. The number of hydrogen-bond acceptors (Lipinski definition) is 3. The zero-order valence-electron chi connectivity index (χ0n) is 6.14. The highest BCUT2D eigenvalue weighted by molar-refractivity contribution is 6.68. The summed E-state index contributed by atoms with van der Waals surface area (Å²) in [6, 6.07) is 1.91. The van der Waals surface area contributed by atoms with Crippen LogP contribution in [0.25, 0.3) is 0 Å². The molecule has 70 valence electrons. The lowest BCUT2D eigenvalue weighted by atomic mass is 10.2. The number of benzene rings is 1. The Morgan fingerprint density at radius 2 is 2.15 bits per heavy atom. The highest BCUT2D eigenvalue weighted by Gasteiger charge is 2.12. The van der Waals surface area contributed by atoms with Crippen molar-refractivity contribution in [2.45, 2.75) is 0 Å². The van der Waals surface area contributed by atoms with Gasteiger partial charge in [-0.05, 0) is 23.7 Å². The van der Waals surface area contributed by atoms with E-state index in [4.69, 9.17) is 28.4 Å². The zero-order chi connectivity index (χ0) is 10.0. The van der Waals surface area contributed by atoms with Crippen LogP contribution in [0.15, 0.2) is 12.1 Å². The molecule has 1 aromatic rings. The van der Waals surface area contributed by atoms with E-state index in [1.165, 1.54) is 0 Å². The van der Waals surface area contributed by atoms with Crippen molar-refractivity contribution in [3.8, 4) is 0 Å². The first-order valence-electron chi connectivity index (χ1n) is 3.15. The Morgan fingerprint density at radius 1 is 1.54 bits per heavy atom. The van der Waals surface area contributed by atoms with Gasteiger partial charge in [-0.25, -0.2) is 4.39 Å². The van der Waals surface area contributed by atoms with Crippen LogP contribution >= 0.6 is 23.2 Å². The Morgan fingerprint density at radius 3 is 2.62 bits per heavy atom. The standard InChI is InChI=1S/C7H4Cl2FNO2/c8-4-2-5(10)6(11-13)1-3(4)7(9)12/h1-2,11,13H. The molecule has 0 atom stereocenters. The lowest BCUT2D eigenvalue weighted by Gasteiger charge is -2.04. The van der Waals surface area contributed by atoms with Crippen LogP contribution in [0.4, 0.5) is 10.1 Å². The van der Waals surface area contributed by atoms with Crippen molar-refractivity contribution in [3.63, 3.8) is 0 Å². The smallest absolute Gasteiger partial charge is 0.253 e. The van der Waals surface area contributed by atoms with Crippen LogP contribution in [0, 0.1) is 5.82 Å². The SMILES string of the molecule is O=C(Cl)c1cc(NO)c(F)cc1Cl. The molecule has 0 fully saturated rings. The molecule has 0 aliphatic rings. The minimum absolute atomic E-state index is 0.0683. The number of rotatable bonds is 2. The first kappa shape index (κ1) is 10.2. The fraction of sp³-hybridized carbons (Fsp3) is 0. The van der Waals surface area contributed by atoms with Crippen molar-refractivity contribution in [1.82, 2.24) is 0 Å². The molecule has 0 amide bonds. The van der Waals surface area contributed by atoms with E-state index in [9.17, 15) is 9.18 Å². The van der Waals surface area contributed by atoms with Crippen LogP contribution in [0.1, 0.15) is 10.4 Å². The zero-order valence-corrected chi connectivity index (χ0v) is 7.66. The molecule has 2 N–H and O–H groups in total. The number of carbonyl (C=O) groups excluding carboxylic acids is 1. The molecule has 1 aromatic carbocycles. The number of anilines is 1. The Labute approximate surface area is 83.0 Å². The van der Waals surface area contributed by atoms with Crippen molar-refractivity contribution < 1.29 is 14.4 Å². The second-order valence-electron chi connectivity index (χ2n) is 2.20. The topological polar surface area (TPSA) is 49.3 Å². The Balaban J connectivity index is 3.30. The maximum atomic E-state index is 12.8. The highest BCUT2D eigenvalue weighted by Crippen LogP contribution is 2.24. The van der Waals surface area contributed by atoms with Crippen molar-refractivity contribution in [2.75, 3.05) is 5.48 Å². The third-order valence-corrected chi connectivity index (χ3v) is 1.91. The predicted octanol–water partition coefficient (Wildman–Crippen LogP) is 2.66. The predicted molar refractivity (Wildman–Crippen MR) is 47.0 cm³/mol. The van der Waals surface area contributed by atoms with Crippen LogP contribution in [0.2, 0.25) is 5.02 Å². The van der Waals surface area contributed by atoms with E-state index in [0.29, 0.717) is 0 Å². The quantitative estimate of drug-likeness (QED) is 0.599. The molecule has 0 radical (unpaired) electrons. The van der Waals surface area contributed by atoms with E-state index in [-0.39, 0.29) is 16.3 Å². The fourth-order valence-corrected chi connectivity index (χ4v) is 1.23. The number of hydrogen-bond donors (Lipinski definition) is 2. The average molecular weight is 224 g/mol. The van der Waals surface area contributed by atoms with Crippen LogP contribution in [0.5, 0.6) is 0 Å². The molecule has 3 nitrogen and oxygen atoms in total. The molecule has 13 heavy (non-hydrogen) atoms. The normalized spacial score (nSPS) is 9.85. The molecule has 0 spiro atoms. The fourth-order valence-electron chi connectivity index (χ4n) is 0.785. The molecule has 0 aliphatic heterocycles. The Kier molecular flexibility index (Phi) is 3.08. The summed E-state index contributed by atoms with van der Waals surface area (Å²) in [5, 5.41) is 7.51. The van der Waals surface area contributed by atoms with Gasteiger partial charge in [0.1, 0.15) is 5.82 Å². The summed E-state index contributed by atoms with van der Waals surface area (Å²) >= 11 is 10.6. The van der Waals surface area contributed by atoms with Crippen molar-refractivity contribution in [3.05, 3.63) is 28.5 Å². The summed E-state index contributed by atoms with van der Waals surface area (Å²) in [6.07, 6.45) is 0. The second kappa shape index (κ2) is 3.91. The van der Waals surface area contributed by atoms with Gasteiger partial charge in [-0.15, -0.1) is 0 Å². The van der Waals surface area contributed by atoms with E-state index in [1.807, 2.05) is 0 Å². The molecule has 0 bridgehead atoms. The number of nitrogens with one attached hydrogen (secondary N) is 1. The maximum Gasteiger partial charge on any atom is 0.253 e. The van der Waals surface area contributed by atoms with Gasteiger partial charge in [0.15, 0.2) is 0 Å². The second-order valence-corrected chi connectivity index (χ2v) is 2.95. The van der Waals surface area contributed by atoms with E-state index in [1.54, 1.807) is 5.48 Å². The van der Waals surface area contributed by atoms with Gasteiger partial charge in [-0.3, -0.25) is 15.5 Å². The van der Waals surface area contributed by atoms with Gasteiger partial charge >= 0.3 is 0 Å². The molecule has 0 heterocycles. The van der Waals surface area contributed by atoms with Gasteiger partial charge in [0, 0.05) is 0 Å². The Hall–Kier alpha value is -0.840. The molecule has 0 saturated carbocycles. The summed E-state index contributed by atoms with van der Waals surface area (Å²) in [5.74, 6) is -0.769. The van der Waals surface area contributed by atoms with Gasteiger partial charge in [-0.1, -0.05) is 11.6 Å². The minimum atomic E-state index is -0.818. The summed E-state index contributed by atoms with van der Waals surface area (Å²) in [4.78, 5) is 10.7. The minimum Gasteiger partial charge on any atom is -0.291 e. The average Bonchev–Trinajstić information content (AvgIpc) is 2.03. The van der Waals surface area contributed by atoms with E-state index < -0.39 is 11.1 Å². The summed E-state index contributed by atoms with van der Waals surface area (Å²) < 4.78 is 12.8. The lowest BCUT2D eigenvalue weighted by molar-refractivity contribution is 0.108. The molecular formula is C7H4Cl2FNO2. The summed E-state index contributed by atoms with van der Waals surface area (Å²) in [6.45, 7) is 0. The third-order valence-electron chi connectivity index (χ3n) is 1.39. The van der Waals surface area contributed by atoms with Gasteiger partial charge in [0.05, 0.1) is 16.3 Å². The monoisotopic (exact) mass is 223 g/mol. The van der Waals surface area contributed by atoms with Crippen molar-refractivity contribution in [1.29, 1.82) is 0 Å². The Bertz CT molecular complexity index is 357. The molecule has 0 unspecified atom stereocenters. The highest BCUT2D eigenvalue weighted by atomic mass is 35.5. The summed E-state index contributed by atoms with van der Waals surface area (Å²) in [5.41, 5.74) is 1.25. The van der Waals surface area contributed by atoms with Crippen molar-refractivity contribution in [2.24, 2.45) is 0 Å². The van der Waals surface area contributed by atoms with Gasteiger partial charge in [0.2, 0.25) is 0 Å². The first-order valence-corrected chi connectivity index (χ1v) is 3.91. The maximum absolute atomic E-state index is 12.8. The van der Waals surface area contributed by atoms with Gasteiger partial charge < -0.3 is 0 Å². The molecule has 0 aromatic heterocycles. The largest absolute Gasteiger partial charge is 0.291 e. The van der Waals surface area contributed by atoms with Crippen LogP contribution < -0.4 is 5.48 Å². The molecule has 0 aliphatic carbocycles. The summed E-state index contributed by atoms with van der Waals surface area (Å²) in [7, 11) is 0. The third kappa shape index (κ3) is 2.09. The molecule has 1 rings (SSSR count). The van der Waals surface area contributed by atoms with E-state index in [0.717, 1.165) is 12.1 Å². The number of halogens is 3.